The number of halogens is 1. The summed E-state index contributed by atoms with van der Waals surface area (Å²) in [6.45, 7) is 4.21. The van der Waals surface area contributed by atoms with Gasteiger partial charge in [-0.1, -0.05) is 35.9 Å². The molecule has 2 aromatic heterocycles. The Morgan fingerprint density at radius 1 is 0.875 bits per heavy atom. The van der Waals surface area contributed by atoms with Crippen molar-refractivity contribution in [1.82, 2.24) is 19.6 Å². The van der Waals surface area contributed by atoms with Crippen LogP contribution in [-0.2, 0) is 0 Å². The Morgan fingerprint density at radius 2 is 1.62 bits per heavy atom. The largest absolute Gasteiger partial charge is 0.265 e. The van der Waals surface area contributed by atoms with Gasteiger partial charge in [-0.3, -0.25) is 4.40 Å². The van der Waals surface area contributed by atoms with Crippen LogP contribution in [0.5, 0.6) is 0 Å². The molecule has 0 spiro atoms. The molecular weight excluding hydrogens is 320 g/mol. The lowest BCUT2D eigenvalue weighted by Crippen LogP contribution is -1.97. The first-order valence-corrected chi connectivity index (χ1v) is 8.04. The maximum Gasteiger partial charge on any atom is 0.255 e. The first-order valence-electron chi connectivity index (χ1n) is 7.66. The van der Waals surface area contributed by atoms with E-state index in [0.29, 0.717) is 10.8 Å². The van der Waals surface area contributed by atoms with Crippen LogP contribution in [0.3, 0.4) is 0 Å². The van der Waals surface area contributed by atoms with Gasteiger partial charge >= 0.3 is 0 Å². The Hall–Kier alpha value is -2.72. The van der Waals surface area contributed by atoms with E-state index in [2.05, 4.69) is 53.3 Å². The molecule has 0 unspecified atom stereocenters. The number of rotatable bonds is 2. The molecule has 0 saturated heterocycles. The molecule has 0 radical (unpaired) electrons. The van der Waals surface area contributed by atoms with E-state index in [1.165, 1.54) is 11.1 Å². The fourth-order valence-corrected chi connectivity index (χ4v) is 2.83. The highest BCUT2D eigenvalue weighted by Crippen LogP contribution is 2.27. The van der Waals surface area contributed by atoms with E-state index in [0.717, 1.165) is 22.5 Å². The summed E-state index contributed by atoms with van der Waals surface area (Å²) < 4.78 is 1.88. The summed E-state index contributed by atoms with van der Waals surface area (Å²) in [7, 11) is 0. The maximum atomic E-state index is 6.01. The summed E-state index contributed by atoms with van der Waals surface area (Å²) >= 11 is 6.01. The third-order valence-corrected chi connectivity index (χ3v) is 4.48. The predicted molar refractivity (Wildman–Crippen MR) is 96.1 cm³/mol. The lowest BCUT2D eigenvalue weighted by molar-refractivity contribution is 1.10. The van der Waals surface area contributed by atoms with Crippen LogP contribution in [-0.4, -0.2) is 19.6 Å². The van der Waals surface area contributed by atoms with E-state index in [9.17, 15) is 0 Å². The van der Waals surface area contributed by atoms with Gasteiger partial charge in [0.05, 0.1) is 11.4 Å². The van der Waals surface area contributed by atoms with Crippen LogP contribution < -0.4 is 0 Å². The minimum absolute atomic E-state index is 0.579. The van der Waals surface area contributed by atoms with Crippen LogP contribution >= 0.6 is 11.6 Å². The third-order valence-electron chi connectivity index (χ3n) is 4.23. The van der Waals surface area contributed by atoms with Gasteiger partial charge in [0.15, 0.2) is 0 Å². The second-order valence-corrected chi connectivity index (χ2v) is 6.27. The first kappa shape index (κ1) is 14.8. The number of fused-ring (bicyclic) bond motifs is 1. The van der Waals surface area contributed by atoms with E-state index in [4.69, 9.17) is 11.6 Å². The topological polar surface area (TPSA) is 43.1 Å². The summed E-state index contributed by atoms with van der Waals surface area (Å²) in [5.41, 5.74) is 6.47. The minimum atomic E-state index is 0.579. The molecule has 0 aliphatic heterocycles. The minimum Gasteiger partial charge on any atom is -0.265 e. The number of hydrogen-bond donors (Lipinski definition) is 0. The van der Waals surface area contributed by atoms with Gasteiger partial charge in [0, 0.05) is 10.6 Å². The van der Waals surface area contributed by atoms with Crippen molar-refractivity contribution in [3.05, 3.63) is 71.0 Å². The van der Waals surface area contributed by atoms with E-state index >= 15 is 0 Å². The quantitative estimate of drug-likeness (QED) is 0.532. The smallest absolute Gasteiger partial charge is 0.255 e. The van der Waals surface area contributed by atoms with E-state index in [1.807, 2.05) is 28.7 Å². The molecule has 2 aromatic carbocycles. The highest BCUT2D eigenvalue weighted by Gasteiger charge is 2.11. The van der Waals surface area contributed by atoms with Gasteiger partial charge in [-0.05, 0) is 54.8 Å². The normalized spacial score (nSPS) is 11.1. The average Bonchev–Trinajstić information content (AvgIpc) is 3.06. The Morgan fingerprint density at radius 3 is 2.38 bits per heavy atom. The van der Waals surface area contributed by atoms with Gasteiger partial charge in [0.25, 0.3) is 5.78 Å². The molecule has 5 heteroatoms. The van der Waals surface area contributed by atoms with E-state index < -0.39 is 0 Å². The van der Waals surface area contributed by atoms with Crippen molar-refractivity contribution in [3.63, 3.8) is 0 Å². The molecule has 2 heterocycles. The Labute approximate surface area is 144 Å². The molecule has 4 aromatic rings. The van der Waals surface area contributed by atoms with Gasteiger partial charge in [0.2, 0.25) is 0 Å². The Balaban J connectivity index is 1.94. The number of aromatic nitrogens is 4. The third kappa shape index (κ3) is 2.55. The van der Waals surface area contributed by atoms with Crippen LogP contribution in [0.2, 0.25) is 5.02 Å². The number of aryl methyl sites for hydroxylation is 2. The van der Waals surface area contributed by atoms with Crippen molar-refractivity contribution in [2.75, 3.05) is 0 Å². The van der Waals surface area contributed by atoms with Crippen molar-refractivity contribution >= 4 is 17.4 Å². The zero-order valence-corrected chi connectivity index (χ0v) is 14.1. The molecule has 0 amide bonds. The second-order valence-electron chi connectivity index (χ2n) is 5.83. The summed E-state index contributed by atoms with van der Waals surface area (Å²) in [5, 5.41) is 8.83. The molecule has 0 aliphatic rings. The lowest BCUT2D eigenvalue weighted by atomic mass is 10.0. The molecule has 4 nitrogen and oxygen atoms in total. The Bertz CT molecular complexity index is 1040. The number of hydrogen-bond acceptors (Lipinski definition) is 3. The lowest BCUT2D eigenvalue weighted by Gasteiger charge is -2.10. The molecule has 0 fully saturated rings. The van der Waals surface area contributed by atoms with Crippen molar-refractivity contribution in [1.29, 1.82) is 0 Å². The van der Waals surface area contributed by atoms with Gasteiger partial charge in [-0.25, -0.2) is 4.98 Å². The number of benzene rings is 2. The predicted octanol–water partition coefficient (Wildman–Crippen LogP) is 4.73. The highest BCUT2D eigenvalue weighted by atomic mass is 35.5. The maximum absolute atomic E-state index is 6.01. The molecule has 0 bridgehead atoms. The zero-order valence-electron chi connectivity index (χ0n) is 13.4. The first-order chi connectivity index (χ1) is 11.6. The fourth-order valence-electron chi connectivity index (χ4n) is 2.71. The summed E-state index contributed by atoms with van der Waals surface area (Å²) in [4.78, 5) is 4.64. The molecular formula is C19H15ClN4. The Kier molecular flexibility index (Phi) is 3.54. The summed E-state index contributed by atoms with van der Waals surface area (Å²) in [5.74, 6) is 0.579. The molecule has 0 N–H and O–H groups in total. The molecule has 0 atom stereocenters. The molecule has 0 aliphatic carbocycles. The standard InChI is InChI=1S/C19H15ClN4/c1-12-3-4-15(9-13(12)2)17-10-18(14-5-7-16(20)8-6-14)24-11-21-23-19(24)22-17/h3-11H,1-2H3. The molecule has 4 rings (SSSR count). The van der Waals surface area contributed by atoms with Crippen LogP contribution in [0.1, 0.15) is 11.1 Å². The van der Waals surface area contributed by atoms with Gasteiger partial charge in [-0.15, -0.1) is 10.2 Å². The monoisotopic (exact) mass is 334 g/mol. The van der Waals surface area contributed by atoms with Crippen molar-refractivity contribution < 1.29 is 0 Å². The van der Waals surface area contributed by atoms with E-state index in [-0.39, 0.29) is 0 Å². The van der Waals surface area contributed by atoms with E-state index in [1.54, 1.807) is 6.33 Å². The molecule has 118 valence electrons. The van der Waals surface area contributed by atoms with Crippen LogP contribution in [0.4, 0.5) is 0 Å². The fraction of sp³-hybridized carbons (Fsp3) is 0.105. The van der Waals surface area contributed by atoms with Crippen LogP contribution in [0.25, 0.3) is 28.3 Å². The summed E-state index contributed by atoms with van der Waals surface area (Å²) in [6.07, 6.45) is 1.68. The SMILES string of the molecule is Cc1ccc(-c2cc(-c3ccc(Cl)cc3)n3cnnc3n2)cc1C. The zero-order chi connectivity index (χ0) is 16.7. The molecule has 24 heavy (non-hydrogen) atoms. The second kappa shape index (κ2) is 5.73. The van der Waals surface area contributed by atoms with Crippen molar-refractivity contribution in [2.45, 2.75) is 13.8 Å². The average molecular weight is 335 g/mol. The van der Waals surface area contributed by atoms with Gasteiger partial charge in [-0.2, -0.15) is 0 Å². The highest BCUT2D eigenvalue weighted by molar-refractivity contribution is 6.30. The number of nitrogens with zero attached hydrogens (tertiary/aromatic N) is 4. The van der Waals surface area contributed by atoms with Gasteiger partial charge < -0.3 is 0 Å². The van der Waals surface area contributed by atoms with Crippen molar-refractivity contribution in [2.24, 2.45) is 0 Å². The van der Waals surface area contributed by atoms with Crippen LogP contribution in [0, 0.1) is 13.8 Å². The van der Waals surface area contributed by atoms with Gasteiger partial charge in [0.1, 0.15) is 6.33 Å². The molecule has 0 saturated carbocycles. The summed E-state index contributed by atoms with van der Waals surface area (Å²) in [6, 6.07) is 16.1. The van der Waals surface area contributed by atoms with Crippen molar-refractivity contribution in [3.8, 4) is 22.5 Å². The van der Waals surface area contributed by atoms with Crippen LogP contribution in [0.15, 0.2) is 54.9 Å².